The fourth-order valence-corrected chi connectivity index (χ4v) is 2.44. The third kappa shape index (κ3) is 3.62. The van der Waals surface area contributed by atoms with E-state index in [4.69, 9.17) is 46.4 Å². The van der Waals surface area contributed by atoms with Crippen LogP contribution in [0.15, 0.2) is 30.3 Å². The lowest BCUT2D eigenvalue weighted by atomic mass is 10.1. The summed E-state index contributed by atoms with van der Waals surface area (Å²) >= 11 is 23.3. The summed E-state index contributed by atoms with van der Waals surface area (Å²) in [5.41, 5.74) is -0.300. The van der Waals surface area contributed by atoms with E-state index in [-0.39, 0.29) is 37.0 Å². The molecule has 1 amide bonds. The number of nitrogens with zero attached hydrogens (tertiary/aromatic N) is 1. The molecule has 0 saturated heterocycles. The highest BCUT2D eigenvalue weighted by Gasteiger charge is 2.21. The Labute approximate surface area is 144 Å². The van der Waals surface area contributed by atoms with Crippen molar-refractivity contribution in [3.63, 3.8) is 0 Å². The van der Waals surface area contributed by atoms with Crippen molar-refractivity contribution in [1.82, 2.24) is 0 Å². The van der Waals surface area contributed by atoms with Gasteiger partial charge < -0.3 is 5.32 Å². The summed E-state index contributed by atoms with van der Waals surface area (Å²) in [6, 6.07) is 6.44. The van der Waals surface area contributed by atoms with Crippen molar-refractivity contribution in [2.24, 2.45) is 0 Å². The first-order valence-corrected chi connectivity index (χ1v) is 7.20. The van der Waals surface area contributed by atoms with Gasteiger partial charge >= 0.3 is 0 Å². The highest BCUT2D eigenvalue weighted by molar-refractivity contribution is 6.48. The van der Waals surface area contributed by atoms with Crippen molar-refractivity contribution < 1.29 is 9.72 Å². The molecule has 9 heteroatoms. The molecule has 0 fully saturated rings. The van der Waals surface area contributed by atoms with Crippen LogP contribution in [0.5, 0.6) is 0 Å². The zero-order valence-electron chi connectivity index (χ0n) is 10.6. The lowest BCUT2D eigenvalue weighted by Crippen LogP contribution is -2.14. The van der Waals surface area contributed by atoms with Gasteiger partial charge in [-0.3, -0.25) is 14.9 Å². The second-order valence-electron chi connectivity index (χ2n) is 4.13. The van der Waals surface area contributed by atoms with Crippen LogP contribution in [0.1, 0.15) is 10.4 Å². The van der Waals surface area contributed by atoms with Crippen LogP contribution in [-0.4, -0.2) is 10.8 Å². The average molecular weight is 380 g/mol. The fourth-order valence-electron chi connectivity index (χ4n) is 1.68. The lowest BCUT2D eigenvalue weighted by Gasteiger charge is -2.08. The monoisotopic (exact) mass is 378 g/mol. The molecule has 0 atom stereocenters. The van der Waals surface area contributed by atoms with Gasteiger partial charge in [0.15, 0.2) is 0 Å². The summed E-state index contributed by atoms with van der Waals surface area (Å²) in [6.07, 6.45) is 0. The summed E-state index contributed by atoms with van der Waals surface area (Å²) in [7, 11) is 0. The maximum absolute atomic E-state index is 12.2. The zero-order chi connectivity index (χ0) is 16.4. The second kappa shape index (κ2) is 6.71. The van der Waals surface area contributed by atoms with E-state index in [1.807, 2.05) is 0 Å². The number of benzene rings is 2. The van der Waals surface area contributed by atoms with E-state index in [1.54, 1.807) is 0 Å². The molecule has 2 aromatic rings. The highest BCUT2D eigenvalue weighted by Crippen LogP contribution is 2.33. The third-order valence-corrected chi connectivity index (χ3v) is 4.07. The van der Waals surface area contributed by atoms with Gasteiger partial charge in [-0.05, 0) is 24.3 Å². The Kier molecular flexibility index (Phi) is 5.13. The Hall–Kier alpha value is -1.53. The van der Waals surface area contributed by atoms with Crippen LogP contribution < -0.4 is 5.32 Å². The van der Waals surface area contributed by atoms with Crippen LogP contribution in [0.2, 0.25) is 20.1 Å². The van der Waals surface area contributed by atoms with Crippen LogP contribution in [0, 0.1) is 10.1 Å². The van der Waals surface area contributed by atoms with Crippen molar-refractivity contribution in [1.29, 1.82) is 0 Å². The number of rotatable bonds is 3. The SMILES string of the molecule is O=C(Nc1cc(Cl)c(Cl)c(Cl)c1)c1cc(Cl)ccc1[N+](=O)[O-]. The van der Waals surface area contributed by atoms with Gasteiger partial charge in [0.05, 0.1) is 20.0 Å². The Morgan fingerprint density at radius 2 is 1.64 bits per heavy atom. The van der Waals surface area contributed by atoms with Crippen molar-refractivity contribution in [3.8, 4) is 0 Å². The number of nitro benzene ring substituents is 1. The number of carbonyl (C=O) groups excluding carboxylic acids is 1. The molecule has 0 aliphatic heterocycles. The first kappa shape index (κ1) is 16.8. The van der Waals surface area contributed by atoms with Crippen LogP contribution >= 0.6 is 46.4 Å². The maximum atomic E-state index is 12.2. The summed E-state index contributed by atoms with van der Waals surface area (Å²) in [5, 5.41) is 14.1. The second-order valence-corrected chi connectivity index (χ2v) is 5.76. The van der Waals surface area contributed by atoms with E-state index >= 15 is 0 Å². The van der Waals surface area contributed by atoms with E-state index in [0.717, 1.165) is 6.07 Å². The topological polar surface area (TPSA) is 72.2 Å². The molecule has 0 aliphatic rings. The van der Waals surface area contributed by atoms with Gasteiger partial charge in [0, 0.05) is 16.8 Å². The molecule has 0 heterocycles. The molecular weight excluding hydrogens is 374 g/mol. The maximum Gasteiger partial charge on any atom is 0.282 e. The highest BCUT2D eigenvalue weighted by atomic mass is 35.5. The first-order chi connectivity index (χ1) is 10.3. The third-order valence-electron chi connectivity index (χ3n) is 2.64. The molecule has 22 heavy (non-hydrogen) atoms. The molecule has 0 aliphatic carbocycles. The van der Waals surface area contributed by atoms with Gasteiger partial charge in [-0.25, -0.2) is 0 Å². The summed E-state index contributed by atoms with van der Waals surface area (Å²) in [5.74, 6) is -0.719. The van der Waals surface area contributed by atoms with Gasteiger partial charge in [-0.15, -0.1) is 0 Å². The molecule has 0 spiro atoms. The van der Waals surface area contributed by atoms with Crippen LogP contribution in [-0.2, 0) is 0 Å². The van der Waals surface area contributed by atoms with Gasteiger partial charge in [0.25, 0.3) is 11.6 Å². The molecule has 0 aromatic heterocycles. The molecule has 2 aromatic carbocycles. The smallest absolute Gasteiger partial charge is 0.282 e. The number of amides is 1. The number of hydrogen-bond acceptors (Lipinski definition) is 3. The molecule has 0 saturated carbocycles. The van der Waals surface area contributed by atoms with E-state index in [9.17, 15) is 14.9 Å². The number of halogens is 4. The number of anilines is 1. The Bertz CT molecular complexity index is 757. The zero-order valence-corrected chi connectivity index (χ0v) is 13.6. The molecule has 2 rings (SSSR count). The minimum atomic E-state index is -0.719. The van der Waals surface area contributed by atoms with Crippen LogP contribution in [0.4, 0.5) is 11.4 Å². The van der Waals surface area contributed by atoms with Crippen LogP contribution in [0.3, 0.4) is 0 Å². The molecular formula is C13H6Cl4N2O3. The summed E-state index contributed by atoms with van der Waals surface area (Å²) in [4.78, 5) is 22.5. The van der Waals surface area contributed by atoms with Gasteiger partial charge in [0.2, 0.25) is 0 Å². The van der Waals surface area contributed by atoms with Gasteiger partial charge in [-0.1, -0.05) is 46.4 Å². The molecule has 1 N–H and O–H groups in total. The molecule has 114 valence electrons. The standard InChI is InChI=1S/C13H6Cl4N2O3/c14-6-1-2-11(19(21)22)8(3-6)13(20)18-7-4-9(15)12(17)10(16)5-7/h1-5H,(H,18,20). The lowest BCUT2D eigenvalue weighted by molar-refractivity contribution is -0.385. The minimum Gasteiger partial charge on any atom is -0.322 e. The average Bonchev–Trinajstić information content (AvgIpc) is 2.44. The number of hydrogen-bond donors (Lipinski definition) is 1. The molecule has 0 radical (unpaired) electrons. The van der Waals surface area contributed by atoms with Gasteiger partial charge in [0.1, 0.15) is 5.56 Å². The number of nitro groups is 1. The molecule has 0 bridgehead atoms. The summed E-state index contributed by atoms with van der Waals surface area (Å²) in [6.45, 7) is 0. The van der Waals surface area contributed by atoms with E-state index in [1.165, 1.54) is 24.3 Å². The largest absolute Gasteiger partial charge is 0.322 e. The van der Waals surface area contributed by atoms with E-state index < -0.39 is 10.8 Å². The van der Waals surface area contributed by atoms with Gasteiger partial charge in [-0.2, -0.15) is 0 Å². The van der Waals surface area contributed by atoms with Crippen molar-refractivity contribution >= 4 is 63.7 Å². The quantitative estimate of drug-likeness (QED) is 0.437. The Balaban J connectivity index is 2.38. The minimum absolute atomic E-state index is 0.144. The Morgan fingerprint density at radius 3 is 2.18 bits per heavy atom. The summed E-state index contributed by atoms with van der Waals surface area (Å²) < 4.78 is 0. The predicted molar refractivity (Wildman–Crippen MR) is 87.5 cm³/mol. The normalized spacial score (nSPS) is 10.4. The van der Waals surface area contributed by atoms with Crippen LogP contribution in [0.25, 0.3) is 0 Å². The first-order valence-electron chi connectivity index (χ1n) is 5.69. The van der Waals surface area contributed by atoms with Crippen molar-refractivity contribution in [2.45, 2.75) is 0 Å². The molecule has 0 unspecified atom stereocenters. The van der Waals surface area contributed by atoms with E-state index in [2.05, 4.69) is 5.32 Å². The molecule has 5 nitrogen and oxygen atoms in total. The van der Waals surface area contributed by atoms with E-state index in [0.29, 0.717) is 0 Å². The predicted octanol–water partition coefficient (Wildman–Crippen LogP) is 5.46. The number of carbonyl (C=O) groups is 1. The Morgan fingerprint density at radius 1 is 1.05 bits per heavy atom. The van der Waals surface area contributed by atoms with Crippen molar-refractivity contribution in [3.05, 3.63) is 66.1 Å². The number of nitrogens with one attached hydrogen (secondary N) is 1. The fraction of sp³-hybridized carbons (Fsp3) is 0. The van der Waals surface area contributed by atoms with Crippen molar-refractivity contribution in [2.75, 3.05) is 5.32 Å².